The number of hydrogen-bond acceptors (Lipinski definition) is 8. The molecule has 3 fully saturated rings. The molecule has 0 aromatic heterocycles. The van der Waals surface area contributed by atoms with E-state index in [4.69, 9.17) is 0 Å². The molecule has 37 heavy (non-hydrogen) atoms. The standard InChI is InChI=1S/C29H62N8/c1-14-36(22-15-26(2,3)31-27(4,5)16-22)19-33(11)24(30-10)25-34(12)20-37(21-35(25)13)23-17-28(6,7)32-29(8,9)18-23/h22-25,30-32H,14-21H2,1-13H3. The van der Waals surface area contributed by atoms with Gasteiger partial charge in [-0.3, -0.25) is 24.5 Å². The smallest absolute Gasteiger partial charge is 0.0934 e. The van der Waals surface area contributed by atoms with Crippen LogP contribution in [0.25, 0.3) is 0 Å². The second-order valence-corrected chi connectivity index (χ2v) is 15.2. The van der Waals surface area contributed by atoms with Crippen molar-refractivity contribution in [3.63, 3.8) is 0 Å². The van der Waals surface area contributed by atoms with Crippen LogP contribution < -0.4 is 16.0 Å². The first-order valence-corrected chi connectivity index (χ1v) is 14.7. The van der Waals surface area contributed by atoms with Crippen molar-refractivity contribution in [3.05, 3.63) is 0 Å². The van der Waals surface area contributed by atoms with E-state index in [9.17, 15) is 0 Å². The third-order valence-corrected chi connectivity index (χ3v) is 8.95. The van der Waals surface area contributed by atoms with Crippen LogP contribution in [0, 0.1) is 0 Å². The molecule has 3 aliphatic rings. The van der Waals surface area contributed by atoms with Gasteiger partial charge in [0.1, 0.15) is 0 Å². The van der Waals surface area contributed by atoms with Gasteiger partial charge in [-0.05, 0) is 116 Å². The molecule has 0 aliphatic carbocycles. The number of likely N-dealkylation sites (N-methyl/N-ethyl adjacent to an activating group) is 4. The first-order chi connectivity index (χ1) is 16.9. The van der Waals surface area contributed by atoms with Gasteiger partial charge in [0.05, 0.1) is 32.3 Å². The van der Waals surface area contributed by atoms with Crippen molar-refractivity contribution >= 4 is 0 Å². The molecule has 0 aromatic carbocycles. The van der Waals surface area contributed by atoms with Crippen molar-refractivity contribution in [2.24, 2.45) is 0 Å². The molecular weight excluding hydrogens is 460 g/mol. The maximum atomic E-state index is 3.86. The molecule has 0 spiro atoms. The van der Waals surface area contributed by atoms with Crippen molar-refractivity contribution in [3.8, 4) is 0 Å². The average molecular weight is 523 g/mol. The van der Waals surface area contributed by atoms with Crippen molar-refractivity contribution in [1.29, 1.82) is 0 Å². The first kappa shape index (κ1) is 31.2. The lowest BCUT2D eigenvalue weighted by Crippen LogP contribution is -2.71. The van der Waals surface area contributed by atoms with Crippen molar-refractivity contribution in [1.82, 2.24) is 40.4 Å². The van der Waals surface area contributed by atoms with Crippen LogP contribution in [0.2, 0.25) is 0 Å². The fourth-order valence-corrected chi connectivity index (χ4v) is 8.33. The topological polar surface area (TPSA) is 52.3 Å². The van der Waals surface area contributed by atoms with Gasteiger partial charge in [0, 0.05) is 34.2 Å². The Balaban J connectivity index is 1.68. The molecule has 0 saturated carbocycles. The minimum absolute atomic E-state index is 0.159. The predicted molar refractivity (Wildman–Crippen MR) is 157 cm³/mol. The number of nitrogens with zero attached hydrogens (tertiary/aromatic N) is 5. The molecule has 0 bridgehead atoms. The summed E-state index contributed by atoms with van der Waals surface area (Å²) in [6.07, 6.45) is 5.30. The molecule has 3 heterocycles. The Bertz CT molecular complexity index is 706. The molecule has 8 heteroatoms. The van der Waals surface area contributed by atoms with E-state index >= 15 is 0 Å². The lowest BCUT2D eigenvalue weighted by Gasteiger charge is -2.56. The summed E-state index contributed by atoms with van der Waals surface area (Å²) in [6.45, 7) is 25.2. The number of piperidine rings is 2. The molecule has 218 valence electrons. The average Bonchev–Trinajstić information content (AvgIpc) is 2.69. The second kappa shape index (κ2) is 11.3. The molecular formula is C29H62N8. The van der Waals surface area contributed by atoms with Crippen LogP contribution in [0.5, 0.6) is 0 Å². The largest absolute Gasteiger partial charge is 0.307 e. The second-order valence-electron chi connectivity index (χ2n) is 15.2. The number of rotatable bonds is 8. The van der Waals surface area contributed by atoms with E-state index in [1.807, 2.05) is 0 Å². The van der Waals surface area contributed by atoms with Gasteiger partial charge in [0.25, 0.3) is 0 Å². The van der Waals surface area contributed by atoms with Crippen LogP contribution in [0.3, 0.4) is 0 Å². The third-order valence-electron chi connectivity index (χ3n) is 8.95. The van der Waals surface area contributed by atoms with E-state index in [1.54, 1.807) is 0 Å². The lowest BCUT2D eigenvalue weighted by molar-refractivity contribution is -0.125. The molecule has 0 amide bonds. The molecule has 3 N–H and O–H groups in total. The zero-order chi connectivity index (χ0) is 28.0. The molecule has 1 unspecified atom stereocenters. The Morgan fingerprint density at radius 1 is 0.811 bits per heavy atom. The summed E-state index contributed by atoms with van der Waals surface area (Å²) < 4.78 is 0. The minimum Gasteiger partial charge on any atom is -0.307 e. The van der Waals surface area contributed by atoms with Crippen molar-refractivity contribution in [2.45, 2.75) is 135 Å². The van der Waals surface area contributed by atoms with Gasteiger partial charge in [-0.25, -0.2) is 0 Å². The summed E-state index contributed by atoms with van der Waals surface area (Å²) in [5.41, 5.74) is 0.642. The molecule has 0 aromatic rings. The Morgan fingerprint density at radius 2 is 1.24 bits per heavy atom. The summed E-state index contributed by atoms with van der Waals surface area (Å²) in [5, 5.41) is 11.4. The fourth-order valence-electron chi connectivity index (χ4n) is 8.33. The number of hydrogen-bond donors (Lipinski definition) is 3. The van der Waals surface area contributed by atoms with E-state index < -0.39 is 0 Å². The monoisotopic (exact) mass is 523 g/mol. The van der Waals surface area contributed by atoms with Crippen LogP contribution in [-0.2, 0) is 0 Å². The predicted octanol–water partition coefficient (Wildman–Crippen LogP) is 2.78. The highest BCUT2D eigenvalue weighted by Crippen LogP contribution is 2.34. The molecule has 3 aliphatic heterocycles. The zero-order valence-corrected chi connectivity index (χ0v) is 26.7. The first-order valence-electron chi connectivity index (χ1n) is 14.7. The van der Waals surface area contributed by atoms with E-state index in [0.717, 1.165) is 26.6 Å². The fraction of sp³-hybridized carbons (Fsp3) is 1.00. The summed E-state index contributed by atoms with van der Waals surface area (Å²) >= 11 is 0. The quantitative estimate of drug-likeness (QED) is 0.421. The molecule has 3 rings (SSSR count). The SMILES string of the molecule is CCN(CN(C)C(NC)C1N(C)CN(C2CC(C)(C)NC(C)(C)C2)CN1C)C1CC(C)(C)NC(C)(C)C1. The normalized spacial score (nSPS) is 29.3. The van der Waals surface area contributed by atoms with Gasteiger partial charge in [0.15, 0.2) is 0 Å². The van der Waals surface area contributed by atoms with Gasteiger partial charge in [0.2, 0.25) is 0 Å². The van der Waals surface area contributed by atoms with Crippen LogP contribution in [-0.4, -0.2) is 126 Å². The Kier molecular flexibility index (Phi) is 9.51. The molecule has 1 atom stereocenters. The molecule has 3 saturated heterocycles. The Morgan fingerprint density at radius 3 is 1.65 bits per heavy atom. The summed E-state index contributed by atoms with van der Waals surface area (Å²) in [6, 6.07) is 1.17. The minimum atomic E-state index is 0.159. The molecule has 8 nitrogen and oxygen atoms in total. The summed E-state index contributed by atoms with van der Waals surface area (Å²) in [7, 11) is 9.03. The maximum absolute atomic E-state index is 3.86. The van der Waals surface area contributed by atoms with Crippen LogP contribution >= 0.6 is 0 Å². The molecule has 0 radical (unpaired) electrons. The summed E-state index contributed by atoms with van der Waals surface area (Å²) in [4.78, 5) is 13.0. The maximum Gasteiger partial charge on any atom is 0.0934 e. The van der Waals surface area contributed by atoms with Crippen LogP contribution in [0.1, 0.15) is 88.0 Å². The highest BCUT2D eigenvalue weighted by molar-refractivity contribution is 5.02. The highest BCUT2D eigenvalue weighted by Gasteiger charge is 2.44. The van der Waals surface area contributed by atoms with E-state index in [0.29, 0.717) is 18.2 Å². The van der Waals surface area contributed by atoms with Gasteiger partial charge < -0.3 is 16.0 Å². The van der Waals surface area contributed by atoms with Crippen LogP contribution in [0.4, 0.5) is 0 Å². The van der Waals surface area contributed by atoms with E-state index in [-0.39, 0.29) is 28.3 Å². The number of nitrogens with one attached hydrogen (secondary N) is 3. The van der Waals surface area contributed by atoms with Crippen LogP contribution in [0.15, 0.2) is 0 Å². The highest BCUT2D eigenvalue weighted by atomic mass is 15.5. The van der Waals surface area contributed by atoms with Gasteiger partial charge in [-0.1, -0.05) is 6.92 Å². The Hall–Kier alpha value is -0.320. The third kappa shape index (κ3) is 7.88. The van der Waals surface area contributed by atoms with Gasteiger partial charge >= 0.3 is 0 Å². The zero-order valence-electron chi connectivity index (χ0n) is 26.7. The summed E-state index contributed by atoms with van der Waals surface area (Å²) in [5.74, 6) is 0. The van der Waals surface area contributed by atoms with Gasteiger partial charge in [-0.15, -0.1) is 0 Å². The lowest BCUT2D eigenvalue weighted by atomic mass is 9.79. The van der Waals surface area contributed by atoms with Gasteiger partial charge in [-0.2, -0.15) is 0 Å². The van der Waals surface area contributed by atoms with Crippen molar-refractivity contribution in [2.75, 3.05) is 54.7 Å². The Labute approximate surface area is 229 Å². The van der Waals surface area contributed by atoms with Crippen molar-refractivity contribution < 1.29 is 0 Å². The van der Waals surface area contributed by atoms with E-state index in [2.05, 4.69) is 131 Å². The van der Waals surface area contributed by atoms with E-state index in [1.165, 1.54) is 25.7 Å².